The third-order valence-corrected chi connectivity index (χ3v) is 5.55. The van der Waals surface area contributed by atoms with Crippen LogP contribution in [0.25, 0.3) is 11.3 Å². The van der Waals surface area contributed by atoms with E-state index in [1.54, 1.807) is 6.20 Å². The van der Waals surface area contributed by atoms with E-state index in [0.29, 0.717) is 25.3 Å². The van der Waals surface area contributed by atoms with E-state index in [1.807, 2.05) is 54.3 Å². The molecule has 6 nitrogen and oxygen atoms in total. The molecule has 2 aromatic carbocycles. The molecule has 1 fully saturated rings. The number of rotatable bonds is 5. The number of ether oxygens (including phenoxy) is 1. The zero-order valence-electron chi connectivity index (χ0n) is 16.3. The van der Waals surface area contributed by atoms with Crippen LogP contribution < -0.4 is 9.64 Å². The van der Waals surface area contributed by atoms with Gasteiger partial charge in [0.2, 0.25) is 0 Å². The number of H-pyrrole nitrogens is 1. The van der Waals surface area contributed by atoms with Crippen LogP contribution in [0.5, 0.6) is 5.75 Å². The van der Waals surface area contributed by atoms with Gasteiger partial charge in [-0.05, 0) is 31.2 Å². The van der Waals surface area contributed by atoms with Crippen LogP contribution in [0.3, 0.4) is 0 Å². The molecule has 4 rings (SSSR count). The van der Waals surface area contributed by atoms with Crippen molar-refractivity contribution in [3.63, 3.8) is 0 Å². The van der Waals surface area contributed by atoms with Crippen LogP contribution in [-0.2, 0) is 0 Å². The van der Waals surface area contributed by atoms with Gasteiger partial charge in [-0.2, -0.15) is 5.10 Å². The summed E-state index contributed by atoms with van der Waals surface area (Å²) in [5.74, 6) is 0.896. The lowest BCUT2D eigenvalue weighted by molar-refractivity contribution is 0.0747. The number of carbonyl (C=O) groups excluding carboxylic acids is 1. The number of hydrogen-bond acceptors (Lipinski definition) is 4. The van der Waals surface area contributed by atoms with Gasteiger partial charge in [0.1, 0.15) is 5.75 Å². The Morgan fingerprint density at radius 1 is 1.14 bits per heavy atom. The van der Waals surface area contributed by atoms with Crippen LogP contribution in [-0.4, -0.2) is 53.8 Å². The van der Waals surface area contributed by atoms with Crippen molar-refractivity contribution in [2.75, 3.05) is 37.7 Å². The van der Waals surface area contributed by atoms with Crippen LogP contribution >= 0.6 is 15.9 Å². The van der Waals surface area contributed by atoms with Crippen LogP contribution in [0.15, 0.2) is 59.2 Å². The van der Waals surface area contributed by atoms with Crippen molar-refractivity contribution in [3.8, 4) is 17.0 Å². The van der Waals surface area contributed by atoms with E-state index >= 15 is 0 Å². The Balaban J connectivity index is 1.48. The fourth-order valence-electron chi connectivity index (χ4n) is 3.63. The molecule has 7 heteroatoms. The summed E-state index contributed by atoms with van der Waals surface area (Å²) in [6.07, 6.45) is 1.62. The molecule has 0 saturated carbocycles. The van der Waals surface area contributed by atoms with Gasteiger partial charge in [0, 0.05) is 36.2 Å². The van der Waals surface area contributed by atoms with E-state index in [1.165, 1.54) is 0 Å². The van der Waals surface area contributed by atoms with Gasteiger partial charge in [0.15, 0.2) is 0 Å². The average molecular weight is 455 g/mol. The van der Waals surface area contributed by atoms with Crippen molar-refractivity contribution in [2.45, 2.75) is 6.92 Å². The summed E-state index contributed by atoms with van der Waals surface area (Å²) in [4.78, 5) is 17.3. The molecular weight excluding hydrogens is 432 g/mol. The first-order chi connectivity index (χ1) is 14.2. The van der Waals surface area contributed by atoms with Crippen molar-refractivity contribution < 1.29 is 9.53 Å². The molecule has 0 aliphatic carbocycles. The number of halogens is 1. The molecule has 1 N–H and O–H groups in total. The van der Waals surface area contributed by atoms with Crippen molar-refractivity contribution >= 4 is 27.5 Å². The minimum Gasteiger partial charge on any atom is -0.492 e. The Hall–Kier alpha value is -2.80. The molecule has 1 aromatic heterocycles. The lowest BCUT2D eigenvalue weighted by Crippen LogP contribution is -2.49. The summed E-state index contributed by atoms with van der Waals surface area (Å²) in [5.41, 5.74) is 3.37. The number of carbonyl (C=O) groups is 1. The fraction of sp³-hybridized carbons (Fsp3) is 0.273. The normalized spacial score (nSPS) is 14.1. The highest BCUT2D eigenvalue weighted by Crippen LogP contribution is 2.30. The smallest absolute Gasteiger partial charge is 0.257 e. The lowest BCUT2D eigenvalue weighted by atomic mass is 10.1. The highest BCUT2D eigenvalue weighted by atomic mass is 79.9. The first-order valence-electron chi connectivity index (χ1n) is 9.72. The van der Waals surface area contributed by atoms with Crippen molar-refractivity contribution in [3.05, 3.63) is 64.8 Å². The van der Waals surface area contributed by atoms with E-state index in [4.69, 9.17) is 4.74 Å². The molecule has 1 amide bonds. The number of amides is 1. The predicted molar refractivity (Wildman–Crippen MR) is 117 cm³/mol. The highest BCUT2D eigenvalue weighted by Gasteiger charge is 2.26. The Morgan fingerprint density at radius 3 is 2.69 bits per heavy atom. The molecule has 2 heterocycles. The van der Waals surface area contributed by atoms with Crippen LogP contribution in [0.4, 0.5) is 5.69 Å². The van der Waals surface area contributed by atoms with E-state index in [2.05, 4.69) is 37.1 Å². The molecular formula is C22H23BrN4O2. The summed E-state index contributed by atoms with van der Waals surface area (Å²) in [5, 5.41) is 7.10. The second kappa shape index (κ2) is 8.69. The number of piperazine rings is 1. The molecule has 0 unspecified atom stereocenters. The number of aromatic amines is 1. The number of nitrogens with zero attached hydrogens (tertiary/aromatic N) is 3. The third-order valence-electron chi connectivity index (χ3n) is 5.06. The summed E-state index contributed by atoms with van der Waals surface area (Å²) < 4.78 is 6.72. The Kier molecular flexibility index (Phi) is 5.85. The maximum Gasteiger partial charge on any atom is 0.257 e. The van der Waals surface area contributed by atoms with Crippen molar-refractivity contribution in [2.24, 2.45) is 0 Å². The highest BCUT2D eigenvalue weighted by molar-refractivity contribution is 9.10. The number of nitrogens with one attached hydrogen (secondary N) is 1. The molecule has 29 heavy (non-hydrogen) atoms. The van der Waals surface area contributed by atoms with E-state index in [9.17, 15) is 4.79 Å². The van der Waals surface area contributed by atoms with Gasteiger partial charge in [-0.3, -0.25) is 9.89 Å². The molecule has 0 bridgehead atoms. The van der Waals surface area contributed by atoms with E-state index < -0.39 is 0 Å². The average Bonchev–Trinajstić information content (AvgIpc) is 3.24. The zero-order valence-corrected chi connectivity index (χ0v) is 17.9. The number of para-hydroxylation sites is 2. The maximum absolute atomic E-state index is 13.2. The summed E-state index contributed by atoms with van der Waals surface area (Å²) >= 11 is 3.49. The topological polar surface area (TPSA) is 61.5 Å². The molecule has 0 radical (unpaired) electrons. The first-order valence-corrected chi connectivity index (χ1v) is 10.5. The lowest BCUT2D eigenvalue weighted by Gasteiger charge is -2.36. The summed E-state index contributed by atoms with van der Waals surface area (Å²) in [7, 11) is 0. The van der Waals surface area contributed by atoms with Gasteiger partial charge in [-0.1, -0.05) is 40.2 Å². The van der Waals surface area contributed by atoms with Crippen LogP contribution in [0, 0.1) is 0 Å². The Morgan fingerprint density at radius 2 is 1.93 bits per heavy atom. The SMILES string of the molecule is CCOc1ccccc1N1CCN(C(=O)c2cn[nH]c2-c2cccc(Br)c2)CC1. The standard InChI is InChI=1S/C22H23BrN4O2/c1-2-29-20-9-4-3-8-19(20)26-10-12-27(13-11-26)22(28)18-15-24-25-21(18)16-6-5-7-17(23)14-16/h3-9,14-15H,2,10-13H2,1H3,(H,24,25). The van der Waals surface area contributed by atoms with Crippen molar-refractivity contribution in [1.29, 1.82) is 0 Å². The van der Waals surface area contributed by atoms with Crippen LogP contribution in [0.2, 0.25) is 0 Å². The number of aromatic nitrogens is 2. The number of hydrogen-bond donors (Lipinski definition) is 1. The van der Waals surface area contributed by atoms with Gasteiger partial charge in [0.25, 0.3) is 5.91 Å². The molecule has 1 saturated heterocycles. The molecule has 3 aromatic rings. The van der Waals surface area contributed by atoms with Gasteiger partial charge in [0.05, 0.1) is 29.7 Å². The second-order valence-corrected chi connectivity index (χ2v) is 7.76. The van der Waals surface area contributed by atoms with Gasteiger partial charge >= 0.3 is 0 Å². The summed E-state index contributed by atoms with van der Waals surface area (Å²) in [6, 6.07) is 15.9. The minimum absolute atomic E-state index is 0.00599. The van der Waals surface area contributed by atoms with Gasteiger partial charge in [-0.25, -0.2) is 0 Å². The summed E-state index contributed by atoms with van der Waals surface area (Å²) in [6.45, 7) is 5.46. The monoisotopic (exact) mass is 454 g/mol. The number of anilines is 1. The zero-order chi connectivity index (χ0) is 20.2. The largest absolute Gasteiger partial charge is 0.492 e. The van der Waals surface area contributed by atoms with Gasteiger partial charge < -0.3 is 14.5 Å². The Labute approximate surface area is 178 Å². The predicted octanol–water partition coefficient (Wildman–Crippen LogP) is 4.20. The molecule has 1 aliphatic heterocycles. The van der Waals surface area contributed by atoms with Gasteiger partial charge in [-0.15, -0.1) is 0 Å². The molecule has 1 aliphatic rings. The Bertz CT molecular complexity index is 996. The first kappa shape index (κ1) is 19.5. The fourth-order valence-corrected chi connectivity index (χ4v) is 4.03. The maximum atomic E-state index is 13.2. The van der Waals surface area contributed by atoms with E-state index in [-0.39, 0.29) is 5.91 Å². The molecule has 0 atom stereocenters. The van der Waals surface area contributed by atoms with Crippen LogP contribution in [0.1, 0.15) is 17.3 Å². The molecule has 0 spiro atoms. The quantitative estimate of drug-likeness (QED) is 0.627. The van der Waals surface area contributed by atoms with E-state index in [0.717, 1.165) is 40.3 Å². The third kappa shape index (κ3) is 4.15. The molecule has 150 valence electrons. The minimum atomic E-state index is 0.00599. The second-order valence-electron chi connectivity index (χ2n) is 6.85. The number of benzene rings is 2. The van der Waals surface area contributed by atoms with Crippen molar-refractivity contribution in [1.82, 2.24) is 15.1 Å².